The van der Waals surface area contributed by atoms with Crippen LogP contribution in [-0.4, -0.2) is 56.0 Å². The first-order valence-corrected chi connectivity index (χ1v) is 14.4. The highest BCUT2D eigenvalue weighted by Crippen LogP contribution is 2.54. The molecule has 0 unspecified atom stereocenters. The van der Waals surface area contributed by atoms with Gasteiger partial charge in [-0.25, -0.2) is 15.0 Å². The molecule has 11 heteroatoms. The van der Waals surface area contributed by atoms with Gasteiger partial charge in [-0.1, -0.05) is 0 Å². The van der Waals surface area contributed by atoms with Crippen LogP contribution in [0.3, 0.4) is 0 Å². The van der Waals surface area contributed by atoms with Gasteiger partial charge in [0.1, 0.15) is 40.5 Å². The number of anilines is 2. The van der Waals surface area contributed by atoms with Gasteiger partial charge >= 0.3 is 0 Å². The van der Waals surface area contributed by atoms with Crippen molar-refractivity contribution in [1.29, 1.82) is 10.7 Å². The van der Waals surface area contributed by atoms with E-state index in [0.717, 1.165) is 74.4 Å². The van der Waals surface area contributed by atoms with Crippen LogP contribution in [0.1, 0.15) is 67.3 Å². The van der Waals surface area contributed by atoms with Crippen molar-refractivity contribution in [3.8, 4) is 11.9 Å². The maximum atomic E-state index is 11.9. The van der Waals surface area contributed by atoms with E-state index in [9.17, 15) is 15.8 Å². The highest BCUT2D eigenvalue weighted by atomic mass is 32.1. The Hall–Kier alpha value is -3.75. The molecule has 5 N–H and O–H groups in total. The molecule has 10 nitrogen and oxygen atoms in total. The summed E-state index contributed by atoms with van der Waals surface area (Å²) in [6.07, 6.45) is 10.8. The number of aromatic nitrogens is 4. The summed E-state index contributed by atoms with van der Waals surface area (Å²) in [5.74, 6) is 1.84. The zero-order chi connectivity index (χ0) is 27.1. The van der Waals surface area contributed by atoms with E-state index >= 15 is 0 Å². The molecule has 1 fully saturated rings. The minimum atomic E-state index is -0.692. The van der Waals surface area contributed by atoms with E-state index in [-0.39, 0.29) is 23.3 Å². The van der Waals surface area contributed by atoms with Gasteiger partial charge in [0.05, 0.1) is 11.0 Å². The molecule has 1 spiro atoms. The van der Waals surface area contributed by atoms with Crippen LogP contribution in [0.2, 0.25) is 0 Å². The molecule has 1 saturated heterocycles. The fraction of sp³-hybridized carbons (Fsp3) is 0.464. The molecule has 1 aliphatic heterocycles. The normalized spacial score (nSPS) is 23.4. The van der Waals surface area contributed by atoms with Crippen molar-refractivity contribution in [2.75, 3.05) is 30.3 Å². The number of nitrogens with two attached hydrogens (primary N) is 1. The summed E-state index contributed by atoms with van der Waals surface area (Å²) in [5.41, 5.74) is 7.60. The lowest BCUT2D eigenvalue weighted by Gasteiger charge is -2.41. The molecule has 0 saturated carbocycles. The van der Waals surface area contributed by atoms with E-state index in [4.69, 9.17) is 15.7 Å². The van der Waals surface area contributed by atoms with Gasteiger partial charge in [0.25, 0.3) is 0 Å². The van der Waals surface area contributed by atoms with Crippen LogP contribution in [0, 0.1) is 16.7 Å². The van der Waals surface area contributed by atoms with Crippen LogP contribution in [0.4, 0.5) is 10.8 Å². The number of hydrogen-bond acceptors (Lipinski definition) is 10. The summed E-state index contributed by atoms with van der Waals surface area (Å²) in [5, 5.41) is 35.1. The lowest BCUT2D eigenvalue weighted by molar-refractivity contribution is 0.232. The maximum Gasteiger partial charge on any atom is 0.181 e. The van der Waals surface area contributed by atoms with Gasteiger partial charge in [-0.2, -0.15) is 5.26 Å². The van der Waals surface area contributed by atoms with Crippen LogP contribution in [-0.2, 0) is 11.8 Å². The first-order valence-electron chi connectivity index (χ1n) is 13.6. The minimum absolute atomic E-state index is 0.129. The number of nitrogen functional groups attached to an aromatic ring is 1. The average Bonchev–Trinajstić information content (AvgIpc) is 3.54. The molecule has 2 aliphatic carbocycles. The van der Waals surface area contributed by atoms with E-state index in [1.807, 2.05) is 16.8 Å². The summed E-state index contributed by atoms with van der Waals surface area (Å²) in [6, 6.07) is 4.47. The lowest BCUT2D eigenvalue weighted by Crippen LogP contribution is -2.39. The molecule has 0 bridgehead atoms. The van der Waals surface area contributed by atoms with Gasteiger partial charge < -0.3 is 21.1 Å². The predicted octanol–water partition coefficient (Wildman–Crippen LogP) is 4.00. The predicted molar refractivity (Wildman–Crippen MR) is 152 cm³/mol. The fourth-order valence-electron chi connectivity index (χ4n) is 6.49. The van der Waals surface area contributed by atoms with Gasteiger partial charge in [0.15, 0.2) is 5.82 Å². The first kappa shape index (κ1) is 25.5. The van der Waals surface area contributed by atoms with Crippen LogP contribution >= 0.6 is 11.3 Å². The van der Waals surface area contributed by atoms with Crippen molar-refractivity contribution in [1.82, 2.24) is 24.8 Å². The van der Waals surface area contributed by atoms with Gasteiger partial charge in [0.2, 0.25) is 0 Å². The van der Waals surface area contributed by atoms with Crippen molar-refractivity contribution in [2.24, 2.45) is 0 Å². The Bertz CT molecular complexity index is 1490. The highest BCUT2D eigenvalue weighted by Gasteiger charge is 2.47. The third-order valence-corrected chi connectivity index (χ3v) is 9.47. The molecule has 0 radical (unpaired) electrons. The molecule has 3 aliphatic rings. The number of aryl methyl sites for hydroxylation is 1. The van der Waals surface area contributed by atoms with Crippen LogP contribution < -0.4 is 16.0 Å². The Morgan fingerprint density at radius 3 is 2.82 bits per heavy atom. The second kappa shape index (κ2) is 10.1. The monoisotopic (exact) mass is 543 g/mol. The first-order chi connectivity index (χ1) is 18.9. The van der Waals surface area contributed by atoms with Crippen molar-refractivity contribution in [2.45, 2.75) is 63.3 Å². The van der Waals surface area contributed by atoms with Gasteiger partial charge in [0, 0.05) is 48.0 Å². The van der Waals surface area contributed by atoms with E-state index in [1.54, 1.807) is 12.5 Å². The van der Waals surface area contributed by atoms with Crippen molar-refractivity contribution < 1.29 is 5.11 Å². The van der Waals surface area contributed by atoms with Crippen LogP contribution in [0.15, 0.2) is 36.1 Å². The van der Waals surface area contributed by atoms with E-state index in [1.165, 1.54) is 11.3 Å². The largest absolute Gasteiger partial charge is 0.511 e. The molecule has 3 aromatic rings. The third-order valence-electron chi connectivity index (χ3n) is 8.39. The fourth-order valence-corrected chi connectivity index (χ4v) is 7.65. The number of allylic oxidation sites excluding steroid dienone is 2. The molecular formula is C28H33N9OS. The Morgan fingerprint density at radius 1 is 1.26 bits per heavy atom. The summed E-state index contributed by atoms with van der Waals surface area (Å²) in [6.45, 7) is 4.81. The Kier molecular flexibility index (Phi) is 6.61. The number of rotatable bonds is 4. The van der Waals surface area contributed by atoms with Gasteiger partial charge in [-0.15, -0.1) is 11.3 Å². The van der Waals surface area contributed by atoms with Crippen molar-refractivity contribution >= 4 is 27.9 Å². The highest BCUT2D eigenvalue weighted by molar-refractivity contribution is 7.16. The molecule has 3 aromatic heterocycles. The number of nitrogens with zero attached hydrogens (tertiary/aromatic N) is 6. The zero-order valence-electron chi connectivity index (χ0n) is 22.1. The average molecular weight is 544 g/mol. The Labute approximate surface area is 231 Å². The topological polar surface area (TPSA) is 153 Å². The summed E-state index contributed by atoms with van der Waals surface area (Å²) >= 11 is 1.46. The van der Waals surface area contributed by atoms with Crippen LogP contribution in [0.25, 0.3) is 5.82 Å². The smallest absolute Gasteiger partial charge is 0.181 e. The molecule has 202 valence electrons. The molecule has 6 rings (SSSR count). The number of aliphatic hydroxyl groups is 1. The lowest BCUT2D eigenvalue weighted by atomic mass is 9.63. The number of nitriles is 1. The number of fused-ring (bicyclic) bond motifs is 2. The summed E-state index contributed by atoms with van der Waals surface area (Å²) in [7, 11) is 0. The maximum absolute atomic E-state index is 11.9. The van der Waals surface area contributed by atoms with Crippen molar-refractivity contribution in [3.05, 3.63) is 57.9 Å². The van der Waals surface area contributed by atoms with E-state index in [0.29, 0.717) is 28.4 Å². The number of thiophene rings is 1. The molecule has 0 amide bonds. The number of imidazole rings is 1. The number of nitrogens with one attached hydrogen (secondary N) is 2. The molecule has 4 heterocycles. The molecule has 0 aromatic carbocycles. The van der Waals surface area contributed by atoms with E-state index < -0.39 is 5.41 Å². The number of hydrogen-bond donors (Lipinski definition) is 4. The van der Waals surface area contributed by atoms with Crippen LogP contribution in [0.5, 0.6) is 0 Å². The minimum Gasteiger partial charge on any atom is -0.511 e. The van der Waals surface area contributed by atoms with E-state index in [2.05, 4.69) is 28.2 Å². The second-order valence-electron chi connectivity index (χ2n) is 10.7. The standard InChI is InChI=1S/C28H33N9OS/c1-17-15-32-9-4-11-37(17)22-13-21(36-12-10-33-16-36)34-27(35-22)24(30)18-5-2-7-28(25(18)38)8-3-6-20-23(28)19(14-29)26(31)39-20/h10,12-13,16-17,30,32,38H,2-9,11,15,31H2,1H3/t17-,28-/m0/s1. The Balaban J connectivity index is 1.47. The summed E-state index contributed by atoms with van der Waals surface area (Å²) < 4.78 is 1.82. The third kappa shape index (κ3) is 4.28. The second-order valence-corrected chi connectivity index (χ2v) is 11.9. The molecular weight excluding hydrogens is 510 g/mol. The SMILES string of the molecule is C[C@H]1CNCCCN1c1cc(-n2ccnc2)nc(C(=N)C2=C(O)[C@@]3(CCC2)CCCc2sc(N)c(C#N)c23)n1. The van der Waals surface area contributed by atoms with Gasteiger partial charge in [-0.05, 0) is 64.0 Å². The van der Waals surface area contributed by atoms with Crippen molar-refractivity contribution in [3.63, 3.8) is 0 Å². The molecule has 2 atom stereocenters. The Morgan fingerprint density at radius 2 is 2.05 bits per heavy atom. The zero-order valence-corrected chi connectivity index (χ0v) is 22.9. The quantitative estimate of drug-likeness (QED) is 0.360. The molecule has 39 heavy (non-hydrogen) atoms. The number of aliphatic hydroxyl groups excluding tert-OH is 1. The van der Waals surface area contributed by atoms with Gasteiger partial charge in [-0.3, -0.25) is 9.98 Å². The summed E-state index contributed by atoms with van der Waals surface area (Å²) in [4.78, 5) is 17.2.